The lowest BCUT2D eigenvalue weighted by molar-refractivity contribution is -0.137. The van der Waals surface area contributed by atoms with Gasteiger partial charge in [-0.2, -0.15) is 23.5 Å². The Balaban J connectivity index is 0.868. The number of sulfone groups is 1. The molecule has 2 amide bonds. The molecule has 4 aromatic carbocycles. The lowest BCUT2D eigenvalue weighted by Gasteiger charge is -2.35. The lowest BCUT2D eigenvalue weighted by atomic mass is 10.0. The standard InChI is InChI=1S/C45H47F4N7O6S/c1-44(60,43(59)52-33-13-12-31(28-50)38(27-33)45(47,48)49)29-63(61,62)34-16-14-32(15-17-34)51-19-7-3-2-4-8-20-55-21-23-56(24-22-55)42(58)37-25-30(11-18-39(37)46)26-40-35-9-5-6-10-36(35)41(57)54-53-40/h5-6,9-18,25,27,51,60H,2-4,7-8,19-24,26,29H2,1H3,(H,52,59)(H,54,57). The third kappa shape index (κ3) is 11.9. The number of fused-ring (bicyclic) bond motifs is 1. The summed E-state index contributed by atoms with van der Waals surface area (Å²) in [6.45, 7) is 4.84. The molecule has 1 unspecified atom stereocenters. The highest BCUT2D eigenvalue weighted by atomic mass is 32.2. The Hall–Kier alpha value is -6.16. The minimum absolute atomic E-state index is 0.0144. The summed E-state index contributed by atoms with van der Waals surface area (Å²) in [6.07, 6.45) is 0.312. The number of amides is 2. The van der Waals surface area contributed by atoms with Crippen molar-refractivity contribution in [3.8, 4) is 6.07 Å². The van der Waals surface area contributed by atoms with Crippen LogP contribution in [0, 0.1) is 17.1 Å². The van der Waals surface area contributed by atoms with Gasteiger partial charge in [0, 0.05) is 55.9 Å². The van der Waals surface area contributed by atoms with E-state index in [0.717, 1.165) is 57.7 Å². The van der Waals surface area contributed by atoms with Crippen LogP contribution in [-0.4, -0.2) is 96.0 Å². The number of anilines is 2. The normalized spacial score (nSPS) is 14.5. The second kappa shape index (κ2) is 19.9. The molecule has 18 heteroatoms. The van der Waals surface area contributed by atoms with Crippen molar-refractivity contribution in [2.24, 2.45) is 0 Å². The molecule has 1 saturated heterocycles. The number of halogens is 4. The molecule has 2 heterocycles. The number of rotatable bonds is 17. The van der Waals surface area contributed by atoms with Crippen LogP contribution in [0.5, 0.6) is 0 Å². The Kier molecular flexibility index (Phi) is 14.6. The summed E-state index contributed by atoms with van der Waals surface area (Å²) in [5.41, 5.74) is -3.08. The van der Waals surface area contributed by atoms with Crippen LogP contribution in [0.1, 0.15) is 71.8 Å². The zero-order valence-electron chi connectivity index (χ0n) is 34.5. The summed E-state index contributed by atoms with van der Waals surface area (Å²) in [7, 11) is -4.20. The monoisotopic (exact) mass is 889 g/mol. The van der Waals surface area contributed by atoms with E-state index >= 15 is 0 Å². The van der Waals surface area contributed by atoms with Crippen LogP contribution >= 0.6 is 0 Å². The SMILES string of the molecule is CC(O)(CS(=O)(=O)c1ccc(NCCCCCCCN2CCN(C(=O)c3cc(Cc4n[nH]c(=O)c5ccccc45)ccc3F)CC2)cc1)C(=O)Nc1ccc(C#N)c(C(F)(F)F)c1. The van der Waals surface area contributed by atoms with Crippen molar-refractivity contribution in [2.45, 2.75) is 62.1 Å². The number of nitrogens with zero attached hydrogens (tertiary/aromatic N) is 4. The molecule has 1 aliphatic rings. The summed E-state index contributed by atoms with van der Waals surface area (Å²) in [5.74, 6) is -3.21. The van der Waals surface area contributed by atoms with E-state index in [0.29, 0.717) is 72.9 Å². The van der Waals surface area contributed by atoms with Gasteiger partial charge in [0.2, 0.25) is 0 Å². The minimum atomic E-state index is -4.88. The molecular formula is C45H47F4N7O6S. The predicted octanol–water partition coefficient (Wildman–Crippen LogP) is 6.53. The molecule has 332 valence electrons. The quantitative estimate of drug-likeness (QED) is 0.0591. The van der Waals surface area contributed by atoms with E-state index in [9.17, 15) is 45.5 Å². The van der Waals surface area contributed by atoms with Gasteiger partial charge in [-0.25, -0.2) is 17.9 Å². The summed E-state index contributed by atoms with van der Waals surface area (Å²) >= 11 is 0. The molecule has 6 rings (SSSR count). The first-order valence-corrected chi connectivity index (χ1v) is 22.1. The van der Waals surface area contributed by atoms with Gasteiger partial charge in [0.1, 0.15) is 5.82 Å². The molecule has 0 aliphatic carbocycles. The van der Waals surface area contributed by atoms with Gasteiger partial charge in [0.25, 0.3) is 17.4 Å². The molecule has 1 aromatic heterocycles. The number of benzene rings is 4. The molecule has 13 nitrogen and oxygen atoms in total. The number of unbranched alkanes of at least 4 members (excludes halogenated alkanes) is 4. The van der Waals surface area contributed by atoms with Crippen molar-refractivity contribution in [1.82, 2.24) is 20.0 Å². The first-order chi connectivity index (χ1) is 29.9. The van der Waals surface area contributed by atoms with Crippen LogP contribution in [0.15, 0.2) is 94.6 Å². The summed E-state index contributed by atoms with van der Waals surface area (Å²) in [6, 6.07) is 21.3. The number of H-pyrrole nitrogens is 1. The van der Waals surface area contributed by atoms with Gasteiger partial charge in [-0.05, 0) is 92.5 Å². The fourth-order valence-electron chi connectivity index (χ4n) is 7.43. The molecular weight excluding hydrogens is 843 g/mol. The van der Waals surface area contributed by atoms with Gasteiger partial charge in [-0.15, -0.1) is 0 Å². The average molecular weight is 890 g/mol. The van der Waals surface area contributed by atoms with E-state index in [-0.39, 0.29) is 27.6 Å². The Labute approximate surface area is 361 Å². The van der Waals surface area contributed by atoms with Crippen LogP contribution in [0.3, 0.4) is 0 Å². The zero-order chi connectivity index (χ0) is 45.4. The Bertz CT molecular complexity index is 2660. The van der Waals surface area contributed by atoms with E-state index in [1.165, 1.54) is 24.3 Å². The highest BCUT2D eigenvalue weighted by Crippen LogP contribution is 2.34. The van der Waals surface area contributed by atoms with Crippen molar-refractivity contribution in [1.29, 1.82) is 5.26 Å². The maximum absolute atomic E-state index is 14.9. The highest BCUT2D eigenvalue weighted by Gasteiger charge is 2.38. The summed E-state index contributed by atoms with van der Waals surface area (Å²) in [5, 5.41) is 33.0. The molecule has 0 saturated carbocycles. The number of carbonyl (C=O) groups excluding carboxylic acids is 2. The molecule has 4 N–H and O–H groups in total. The zero-order valence-corrected chi connectivity index (χ0v) is 35.3. The van der Waals surface area contributed by atoms with Crippen molar-refractivity contribution in [2.75, 3.05) is 55.7 Å². The molecule has 0 spiro atoms. The molecule has 1 aliphatic heterocycles. The number of nitriles is 1. The Morgan fingerprint density at radius 1 is 0.889 bits per heavy atom. The van der Waals surface area contributed by atoms with E-state index in [1.807, 2.05) is 12.1 Å². The van der Waals surface area contributed by atoms with E-state index in [1.54, 1.807) is 41.3 Å². The molecule has 1 atom stereocenters. The first-order valence-electron chi connectivity index (χ1n) is 20.4. The number of aliphatic hydroxyl groups is 1. The second-order valence-corrected chi connectivity index (χ2v) is 17.7. The minimum Gasteiger partial charge on any atom is -0.385 e. The smallest absolute Gasteiger partial charge is 0.385 e. The fourth-order valence-corrected chi connectivity index (χ4v) is 9.02. The fraction of sp³-hybridized carbons (Fsp3) is 0.356. The summed E-state index contributed by atoms with van der Waals surface area (Å²) in [4.78, 5) is 42.2. The van der Waals surface area contributed by atoms with E-state index in [4.69, 9.17) is 5.26 Å². The molecule has 63 heavy (non-hydrogen) atoms. The molecule has 1 fully saturated rings. The van der Waals surface area contributed by atoms with Gasteiger partial charge >= 0.3 is 6.18 Å². The largest absolute Gasteiger partial charge is 0.417 e. The van der Waals surface area contributed by atoms with Crippen LogP contribution < -0.4 is 16.2 Å². The summed E-state index contributed by atoms with van der Waals surface area (Å²) < 4.78 is 81.1. The third-order valence-corrected chi connectivity index (χ3v) is 12.9. The second-order valence-electron chi connectivity index (χ2n) is 15.7. The number of hydrogen-bond donors (Lipinski definition) is 4. The molecule has 5 aromatic rings. The van der Waals surface area contributed by atoms with Crippen LogP contribution in [0.25, 0.3) is 10.8 Å². The maximum atomic E-state index is 14.9. The number of nitrogens with one attached hydrogen (secondary N) is 3. The van der Waals surface area contributed by atoms with Gasteiger partial charge < -0.3 is 20.6 Å². The maximum Gasteiger partial charge on any atom is 0.417 e. The Morgan fingerprint density at radius 3 is 2.25 bits per heavy atom. The first kappa shape index (κ1) is 46.3. The number of aromatic nitrogens is 2. The van der Waals surface area contributed by atoms with Crippen LogP contribution in [0.2, 0.25) is 0 Å². The van der Waals surface area contributed by atoms with Crippen LogP contribution in [-0.2, 0) is 27.2 Å². The van der Waals surface area contributed by atoms with Gasteiger partial charge in [0.15, 0.2) is 15.4 Å². The predicted molar refractivity (Wildman–Crippen MR) is 229 cm³/mol. The number of piperazine rings is 1. The molecule has 0 bridgehead atoms. The van der Waals surface area contributed by atoms with Crippen LogP contribution in [0.4, 0.5) is 28.9 Å². The lowest BCUT2D eigenvalue weighted by Crippen LogP contribution is -2.49. The van der Waals surface area contributed by atoms with Gasteiger partial charge in [-0.3, -0.25) is 19.3 Å². The Morgan fingerprint density at radius 2 is 1.56 bits per heavy atom. The van der Waals surface area contributed by atoms with Crippen molar-refractivity contribution >= 4 is 43.8 Å². The average Bonchev–Trinajstić information content (AvgIpc) is 3.25. The van der Waals surface area contributed by atoms with Crippen molar-refractivity contribution in [3.05, 3.63) is 129 Å². The number of alkyl halides is 3. The number of carbonyl (C=O) groups is 2. The van der Waals surface area contributed by atoms with Gasteiger partial charge in [-0.1, -0.05) is 43.5 Å². The van der Waals surface area contributed by atoms with E-state index in [2.05, 4.69) is 25.7 Å². The van der Waals surface area contributed by atoms with E-state index < -0.39 is 50.2 Å². The highest BCUT2D eigenvalue weighted by molar-refractivity contribution is 7.91. The topological polar surface area (TPSA) is 189 Å². The van der Waals surface area contributed by atoms with Crippen molar-refractivity contribution in [3.63, 3.8) is 0 Å². The van der Waals surface area contributed by atoms with Gasteiger partial charge in [0.05, 0.1) is 44.5 Å². The van der Waals surface area contributed by atoms with Crippen molar-refractivity contribution < 1.29 is 40.7 Å². The number of hydrogen-bond acceptors (Lipinski definition) is 10. The third-order valence-electron chi connectivity index (χ3n) is 10.9. The number of aromatic amines is 1. The molecule has 0 radical (unpaired) electrons.